The zero-order valence-electron chi connectivity index (χ0n) is 11.8. The largest absolute Gasteiger partial charge is 0.491 e. The first-order valence-electron chi connectivity index (χ1n) is 6.53. The molecule has 0 bridgehead atoms. The summed E-state index contributed by atoms with van der Waals surface area (Å²) < 4.78 is 5.83. The number of hydroxylamine groups is 1. The molecule has 0 saturated heterocycles. The van der Waals surface area contributed by atoms with Crippen molar-refractivity contribution >= 4 is 5.70 Å². The van der Waals surface area contributed by atoms with Crippen molar-refractivity contribution in [2.75, 3.05) is 7.11 Å². The van der Waals surface area contributed by atoms with Crippen molar-refractivity contribution in [2.45, 2.75) is 13.5 Å². The molecule has 0 heterocycles. The summed E-state index contributed by atoms with van der Waals surface area (Å²) in [6.07, 6.45) is 0. The zero-order valence-corrected chi connectivity index (χ0v) is 11.8. The van der Waals surface area contributed by atoms with Gasteiger partial charge >= 0.3 is 0 Å². The lowest BCUT2D eigenvalue weighted by Gasteiger charge is -2.14. The van der Waals surface area contributed by atoms with Crippen LogP contribution in [-0.2, 0) is 16.2 Å². The van der Waals surface area contributed by atoms with Crippen LogP contribution < -0.4 is 5.48 Å². The van der Waals surface area contributed by atoms with Crippen LogP contribution in [0.2, 0.25) is 0 Å². The summed E-state index contributed by atoms with van der Waals surface area (Å²) in [5.41, 5.74) is 5.89. The Kier molecular flexibility index (Phi) is 5.21. The van der Waals surface area contributed by atoms with Gasteiger partial charge in [0.25, 0.3) is 0 Å². The third-order valence-electron chi connectivity index (χ3n) is 2.92. The fourth-order valence-corrected chi connectivity index (χ4v) is 1.88. The van der Waals surface area contributed by atoms with Crippen LogP contribution in [0.25, 0.3) is 5.70 Å². The van der Waals surface area contributed by atoms with E-state index in [0.717, 1.165) is 22.6 Å². The summed E-state index contributed by atoms with van der Waals surface area (Å²) in [5.74, 6) is 0.793. The van der Waals surface area contributed by atoms with Gasteiger partial charge in [-0.15, -0.1) is 0 Å². The van der Waals surface area contributed by atoms with Crippen LogP contribution in [0.4, 0.5) is 0 Å². The second-order valence-corrected chi connectivity index (χ2v) is 4.38. The zero-order chi connectivity index (χ0) is 14.2. The van der Waals surface area contributed by atoms with Crippen molar-refractivity contribution in [3.8, 4) is 0 Å². The maximum absolute atomic E-state index is 5.83. The third-order valence-corrected chi connectivity index (χ3v) is 2.92. The molecule has 0 radical (unpaired) electrons. The Labute approximate surface area is 119 Å². The molecule has 0 saturated carbocycles. The lowest BCUT2D eigenvalue weighted by Crippen LogP contribution is -2.13. The molecule has 2 aromatic rings. The highest BCUT2D eigenvalue weighted by atomic mass is 16.6. The smallest absolute Gasteiger partial charge is 0.119 e. The number of hydrogen-bond acceptors (Lipinski definition) is 3. The predicted molar refractivity (Wildman–Crippen MR) is 80.4 cm³/mol. The van der Waals surface area contributed by atoms with Gasteiger partial charge in [0.2, 0.25) is 0 Å². The third kappa shape index (κ3) is 3.87. The number of ether oxygens (including phenoxy) is 1. The molecule has 1 N–H and O–H groups in total. The Morgan fingerprint density at radius 2 is 1.55 bits per heavy atom. The molecule has 104 valence electrons. The number of rotatable bonds is 6. The molecule has 0 aliphatic rings. The minimum atomic E-state index is 0.536. The number of allylic oxidation sites excluding steroid dienone is 1. The van der Waals surface area contributed by atoms with Gasteiger partial charge in [-0.2, -0.15) is 0 Å². The molecule has 0 spiro atoms. The monoisotopic (exact) mass is 269 g/mol. The van der Waals surface area contributed by atoms with Crippen molar-refractivity contribution < 1.29 is 9.57 Å². The molecule has 0 atom stereocenters. The molecular weight excluding hydrogens is 250 g/mol. The van der Waals surface area contributed by atoms with Gasteiger partial charge in [-0.25, -0.2) is 0 Å². The molecule has 2 aromatic carbocycles. The number of benzene rings is 2. The highest BCUT2D eigenvalue weighted by Crippen LogP contribution is 2.17. The highest BCUT2D eigenvalue weighted by molar-refractivity contribution is 5.64. The molecule has 0 amide bonds. The van der Waals surface area contributed by atoms with Crippen LogP contribution in [0.5, 0.6) is 0 Å². The Morgan fingerprint density at radius 1 is 0.950 bits per heavy atom. The van der Waals surface area contributed by atoms with Crippen LogP contribution in [-0.4, -0.2) is 7.11 Å². The summed E-state index contributed by atoms with van der Waals surface area (Å²) in [6.45, 7) is 2.46. The van der Waals surface area contributed by atoms with Gasteiger partial charge in [0.15, 0.2) is 0 Å². The van der Waals surface area contributed by atoms with E-state index in [-0.39, 0.29) is 0 Å². The summed E-state index contributed by atoms with van der Waals surface area (Å²) in [7, 11) is 1.59. The van der Waals surface area contributed by atoms with Gasteiger partial charge < -0.3 is 4.74 Å². The van der Waals surface area contributed by atoms with Gasteiger partial charge in [0, 0.05) is 5.56 Å². The van der Waals surface area contributed by atoms with Gasteiger partial charge in [-0.05, 0) is 12.5 Å². The van der Waals surface area contributed by atoms with E-state index in [4.69, 9.17) is 9.57 Å². The lowest BCUT2D eigenvalue weighted by atomic mass is 10.1. The Hall–Kier alpha value is -2.26. The average Bonchev–Trinajstić information content (AvgIpc) is 2.52. The average molecular weight is 269 g/mol. The van der Waals surface area contributed by atoms with E-state index in [1.807, 2.05) is 67.6 Å². The minimum Gasteiger partial charge on any atom is -0.491 e. The van der Waals surface area contributed by atoms with E-state index in [1.165, 1.54) is 0 Å². The van der Waals surface area contributed by atoms with Gasteiger partial charge in [0.05, 0.1) is 7.11 Å². The molecule has 3 heteroatoms. The molecule has 20 heavy (non-hydrogen) atoms. The van der Waals surface area contributed by atoms with Gasteiger partial charge in [0.1, 0.15) is 18.1 Å². The fraction of sp³-hybridized carbons (Fsp3) is 0.176. The summed E-state index contributed by atoms with van der Waals surface area (Å²) in [6, 6.07) is 20.1. The van der Waals surface area contributed by atoms with Crippen molar-refractivity contribution in [1.29, 1.82) is 0 Å². The van der Waals surface area contributed by atoms with Crippen molar-refractivity contribution in [2.24, 2.45) is 0 Å². The SMILES string of the molecule is CONC(=C(C)OCc1ccccc1)c1ccccc1. The predicted octanol–water partition coefficient (Wildman–Crippen LogP) is 3.74. The summed E-state index contributed by atoms with van der Waals surface area (Å²) in [4.78, 5) is 5.04. The van der Waals surface area contributed by atoms with Gasteiger partial charge in [-0.1, -0.05) is 60.7 Å². The first-order chi connectivity index (χ1) is 9.81. The van der Waals surface area contributed by atoms with E-state index in [2.05, 4.69) is 5.48 Å². The maximum atomic E-state index is 5.83. The number of nitrogens with one attached hydrogen (secondary N) is 1. The quantitative estimate of drug-likeness (QED) is 0.640. The van der Waals surface area contributed by atoms with E-state index in [9.17, 15) is 0 Å². The van der Waals surface area contributed by atoms with Gasteiger partial charge in [-0.3, -0.25) is 10.3 Å². The van der Waals surface area contributed by atoms with E-state index < -0.39 is 0 Å². The van der Waals surface area contributed by atoms with Crippen molar-refractivity contribution in [1.82, 2.24) is 5.48 Å². The molecule has 3 nitrogen and oxygen atoms in total. The standard InChI is InChI=1S/C17H19NO2/c1-14(20-13-15-9-5-3-6-10-15)17(18-19-2)16-11-7-4-8-12-16/h3-12,18H,13H2,1-2H3. The minimum absolute atomic E-state index is 0.536. The molecular formula is C17H19NO2. The summed E-state index contributed by atoms with van der Waals surface area (Å²) in [5, 5.41) is 0. The van der Waals surface area contributed by atoms with Crippen LogP contribution >= 0.6 is 0 Å². The highest BCUT2D eigenvalue weighted by Gasteiger charge is 2.07. The topological polar surface area (TPSA) is 30.5 Å². The maximum Gasteiger partial charge on any atom is 0.119 e. The molecule has 0 aliphatic carbocycles. The molecule has 2 rings (SSSR count). The summed E-state index contributed by atoms with van der Waals surface area (Å²) >= 11 is 0. The van der Waals surface area contributed by atoms with Crippen LogP contribution in [0.1, 0.15) is 18.1 Å². The van der Waals surface area contributed by atoms with Crippen LogP contribution in [0.3, 0.4) is 0 Å². The Bertz CT molecular complexity index is 550. The lowest BCUT2D eigenvalue weighted by molar-refractivity contribution is 0.128. The normalized spacial score (nSPS) is 11.7. The first kappa shape index (κ1) is 14.2. The number of hydrogen-bond donors (Lipinski definition) is 1. The molecule has 0 aromatic heterocycles. The molecule has 0 fully saturated rings. The first-order valence-corrected chi connectivity index (χ1v) is 6.53. The Morgan fingerprint density at radius 3 is 2.15 bits per heavy atom. The fourth-order valence-electron chi connectivity index (χ4n) is 1.88. The molecule has 0 unspecified atom stereocenters. The van der Waals surface area contributed by atoms with Crippen molar-refractivity contribution in [3.05, 3.63) is 77.5 Å². The second kappa shape index (κ2) is 7.36. The van der Waals surface area contributed by atoms with Crippen LogP contribution in [0.15, 0.2) is 66.4 Å². The van der Waals surface area contributed by atoms with Crippen LogP contribution in [0, 0.1) is 0 Å². The molecule has 0 aliphatic heterocycles. The Balaban J connectivity index is 2.13. The second-order valence-electron chi connectivity index (χ2n) is 4.38. The van der Waals surface area contributed by atoms with E-state index in [0.29, 0.717) is 6.61 Å². The van der Waals surface area contributed by atoms with Crippen molar-refractivity contribution in [3.63, 3.8) is 0 Å². The van der Waals surface area contributed by atoms with E-state index in [1.54, 1.807) is 7.11 Å². The van der Waals surface area contributed by atoms with E-state index >= 15 is 0 Å².